The molecule has 0 aliphatic carbocycles. The molecule has 3 aromatic rings. The highest BCUT2D eigenvalue weighted by Crippen LogP contribution is 2.24. The molecule has 0 fully saturated rings. The molecule has 4 N–H and O–H groups in total. The van der Waals surface area contributed by atoms with Crippen LogP contribution >= 0.6 is 0 Å². The minimum atomic E-state index is 0.111. The smallest absolute Gasteiger partial charge is 0.225 e. The predicted octanol–water partition coefficient (Wildman–Crippen LogP) is 2.76. The zero-order chi connectivity index (χ0) is 15.5. The van der Waals surface area contributed by atoms with Crippen LogP contribution in [0, 0.1) is 0 Å². The van der Waals surface area contributed by atoms with Crippen molar-refractivity contribution < 1.29 is 0 Å². The summed E-state index contributed by atoms with van der Waals surface area (Å²) < 4.78 is 0. The first kappa shape index (κ1) is 13.8. The lowest BCUT2D eigenvalue weighted by Gasteiger charge is -2.07. The molecular formula is C17H15N5. The Morgan fingerprint density at radius 1 is 0.727 bits per heavy atom. The van der Waals surface area contributed by atoms with E-state index in [1.807, 2.05) is 54.6 Å². The molecule has 0 saturated heterocycles. The van der Waals surface area contributed by atoms with Gasteiger partial charge in [0.25, 0.3) is 0 Å². The normalized spacial score (nSPS) is 10.4. The van der Waals surface area contributed by atoms with Gasteiger partial charge in [-0.1, -0.05) is 61.2 Å². The van der Waals surface area contributed by atoms with Gasteiger partial charge in [0.05, 0.1) is 0 Å². The van der Waals surface area contributed by atoms with E-state index in [1.54, 1.807) is 0 Å². The first-order valence-electron chi connectivity index (χ1n) is 6.75. The fraction of sp³-hybridized carbons (Fsp3) is 0. The molecular weight excluding hydrogens is 274 g/mol. The predicted molar refractivity (Wildman–Crippen MR) is 88.7 cm³/mol. The lowest BCUT2D eigenvalue weighted by molar-refractivity contribution is 1.09. The van der Waals surface area contributed by atoms with Crippen LogP contribution in [0.15, 0.2) is 61.2 Å². The Morgan fingerprint density at radius 3 is 1.86 bits per heavy atom. The van der Waals surface area contributed by atoms with Crippen LogP contribution in [-0.4, -0.2) is 15.0 Å². The van der Waals surface area contributed by atoms with Crippen molar-refractivity contribution >= 4 is 17.5 Å². The first-order valence-corrected chi connectivity index (χ1v) is 6.75. The van der Waals surface area contributed by atoms with Crippen molar-refractivity contribution in [3.8, 4) is 11.4 Å². The lowest BCUT2D eigenvalue weighted by atomic mass is 9.98. The number of aromatic nitrogens is 3. The second-order valence-electron chi connectivity index (χ2n) is 4.80. The Morgan fingerprint density at radius 2 is 1.27 bits per heavy atom. The molecule has 0 bridgehead atoms. The molecule has 108 valence electrons. The molecule has 5 nitrogen and oxygen atoms in total. The minimum absolute atomic E-state index is 0.111. The van der Waals surface area contributed by atoms with Gasteiger partial charge >= 0.3 is 0 Å². The van der Waals surface area contributed by atoms with Crippen LogP contribution in [0.2, 0.25) is 0 Å². The maximum atomic E-state index is 5.59. The van der Waals surface area contributed by atoms with Gasteiger partial charge in [-0.15, -0.1) is 0 Å². The molecule has 2 aromatic carbocycles. The highest BCUT2D eigenvalue weighted by Gasteiger charge is 2.07. The second-order valence-corrected chi connectivity index (χ2v) is 4.80. The molecule has 0 spiro atoms. The highest BCUT2D eigenvalue weighted by atomic mass is 15.1. The molecule has 3 rings (SSSR count). The monoisotopic (exact) mass is 289 g/mol. The summed E-state index contributed by atoms with van der Waals surface area (Å²) in [4.78, 5) is 11.9. The van der Waals surface area contributed by atoms with Crippen LogP contribution in [-0.2, 0) is 0 Å². The number of anilines is 2. The zero-order valence-electron chi connectivity index (χ0n) is 11.9. The number of nitrogen functional groups attached to an aromatic ring is 2. The molecule has 0 aliphatic heterocycles. The van der Waals surface area contributed by atoms with Crippen molar-refractivity contribution in [1.82, 2.24) is 15.0 Å². The molecule has 0 atom stereocenters. The summed E-state index contributed by atoms with van der Waals surface area (Å²) in [7, 11) is 0. The van der Waals surface area contributed by atoms with Gasteiger partial charge in [-0.2, -0.15) is 15.0 Å². The van der Waals surface area contributed by atoms with Crippen molar-refractivity contribution in [2.24, 2.45) is 0 Å². The SMILES string of the molecule is C=C(c1ccccc1)c1ccc(-c2nc(N)nc(N)n2)cc1. The maximum Gasteiger partial charge on any atom is 0.225 e. The molecule has 0 unspecified atom stereocenters. The largest absolute Gasteiger partial charge is 0.368 e. The van der Waals surface area contributed by atoms with E-state index in [1.165, 1.54) is 0 Å². The Balaban J connectivity index is 1.91. The van der Waals surface area contributed by atoms with Crippen molar-refractivity contribution in [3.05, 3.63) is 72.3 Å². The summed E-state index contributed by atoms with van der Waals surface area (Å²) in [6.07, 6.45) is 0. The summed E-state index contributed by atoms with van der Waals surface area (Å²) >= 11 is 0. The molecule has 0 saturated carbocycles. The Hall–Kier alpha value is -3.21. The molecule has 1 heterocycles. The molecule has 22 heavy (non-hydrogen) atoms. The number of hydrogen-bond acceptors (Lipinski definition) is 5. The van der Waals surface area contributed by atoms with Crippen molar-refractivity contribution in [2.75, 3.05) is 11.5 Å². The summed E-state index contributed by atoms with van der Waals surface area (Å²) in [5, 5.41) is 0. The lowest BCUT2D eigenvalue weighted by Crippen LogP contribution is -2.04. The van der Waals surface area contributed by atoms with E-state index in [9.17, 15) is 0 Å². The van der Waals surface area contributed by atoms with Crippen molar-refractivity contribution in [2.45, 2.75) is 0 Å². The van der Waals surface area contributed by atoms with E-state index in [2.05, 4.69) is 21.5 Å². The topological polar surface area (TPSA) is 90.7 Å². The van der Waals surface area contributed by atoms with Crippen LogP contribution in [0.3, 0.4) is 0 Å². The van der Waals surface area contributed by atoms with Crippen LogP contribution in [0.25, 0.3) is 17.0 Å². The number of nitrogens with zero attached hydrogens (tertiary/aromatic N) is 3. The maximum absolute atomic E-state index is 5.59. The Labute approximate surface area is 128 Å². The molecule has 0 aliphatic rings. The van der Waals surface area contributed by atoms with E-state index in [4.69, 9.17) is 11.5 Å². The minimum Gasteiger partial charge on any atom is -0.368 e. The number of rotatable bonds is 3. The van der Waals surface area contributed by atoms with Gasteiger partial charge in [0, 0.05) is 5.56 Å². The highest BCUT2D eigenvalue weighted by molar-refractivity contribution is 5.78. The molecule has 5 heteroatoms. The van der Waals surface area contributed by atoms with Gasteiger partial charge < -0.3 is 11.5 Å². The number of hydrogen-bond donors (Lipinski definition) is 2. The fourth-order valence-corrected chi connectivity index (χ4v) is 2.16. The van der Waals surface area contributed by atoms with E-state index in [0.29, 0.717) is 5.82 Å². The number of benzene rings is 2. The van der Waals surface area contributed by atoms with E-state index < -0.39 is 0 Å². The number of nitrogens with two attached hydrogens (primary N) is 2. The summed E-state index contributed by atoms with van der Waals surface area (Å²) in [5.41, 5.74) is 15.1. The summed E-state index contributed by atoms with van der Waals surface area (Å²) in [6, 6.07) is 17.8. The van der Waals surface area contributed by atoms with Gasteiger partial charge in [-0.05, 0) is 16.7 Å². The summed E-state index contributed by atoms with van der Waals surface area (Å²) in [6.45, 7) is 4.14. The van der Waals surface area contributed by atoms with E-state index in [0.717, 1.165) is 22.3 Å². The van der Waals surface area contributed by atoms with Crippen molar-refractivity contribution in [1.29, 1.82) is 0 Å². The third-order valence-electron chi connectivity index (χ3n) is 3.28. The van der Waals surface area contributed by atoms with Gasteiger partial charge in [-0.25, -0.2) is 0 Å². The van der Waals surface area contributed by atoms with Gasteiger partial charge in [-0.3, -0.25) is 0 Å². The molecule has 0 radical (unpaired) electrons. The third-order valence-corrected chi connectivity index (χ3v) is 3.28. The van der Waals surface area contributed by atoms with Gasteiger partial charge in [0.15, 0.2) is 5.82 Å². The standard InChI is InChI=1S/C17H15N5/c1-11(12-5-3-2-4-6-12)13-7-9-14(10-8-13)15-20-16(18)22-17(19)21-15/h2-10H,1H2,(H4,18,19,20,21,22). The zero-order valence-corrected chi connectivity index (χ0v) is 11.9. The average molecular weight is 289 g/mol. The van der Waals surface area contributed by atoms with Crippen LogP contribution in [0.5, 0.6) is 0 Å². The van der Waals surface area contributed by atoms with Crippen LogP contribution in [0.4, 0.5) is 11.9 Å². The molecule has 1 aromatic heterocycles. The van der Waals surface area contributed by atoms with Crippen LogP contribution in [0.1, 0.15) is 11.1 Å². The Bertz CT molecular complexity index is 790. The second kappa shape index (κ2) is 5.65. The van der Waals surface area contributed by atoms with Gasteiger partial charge in [0.2, 0.25) is 11.9 Å². The first-order chi connectivity index (χ1) is 10.6. The Kier molecular flexibility index (Phi) is 3.53. The average Bonchev–Trinajstić information content (AvgIpc) is 2.54. The van der Waals surface area contributed by atoms with Crippen molar-refractivity contribution in [3.63, 3.8) is 0 Å². The van der Waals surface area contributed by atoms with E-state index in [-0.39, 0.29) is 11.9 Å². The summed E-state index contributed by atoms with van der Waals surface area (Å²) in [5.74, 6) is 0.683. The quantitative estimate of drug-likeness (QED) is 0.773. The fourth-order valence-electron chi connectivity index (χ4n) is 2.16. The third kappa shape index (κ3) is 2.78. The van der Waals surface area contributed by atoms with E-state index >= 15 is 0 Å². The van der Waals surface area contributed by atoms with Gasteiger partial charge in [0.1, 0.15) is 0 Å². The van der Waals surface area contributed by atoms with Crippen LogP contribution < -0.4 is 11.5 Å². The molecule has 0 amide bonds.